The first kappa shape index (κ1) is 32.5. The van der Waals surface area contributed by atoms with Crippen LogP contribution in [0, 0.1) is 0 Å². The number of thiophene rings is 1. The maximum Gasteiger partial charge on any atom is 0.0879 e. The quantitative estimate of drug-likeness (QED) is 0.187. The van der Waals surface area contributed by atoms with E-state index in [-0.39, 0.29) is 5.41 Å². The second kappa shape index (κ2) is 14.6. The third kappa shape index (κ3) is 6.51. The van der Waals surface area contributed by atoms with Crippen LogP contribution in [0.3, 0.4) is 0 Å². The Balaban J connectivity index is 0.000000111. The van der Waals surface area contributed by atoms with Crippen LogP contribution in [-0.4, -0.2) is 15.0 Å². The zero-order valence-corrected chi connectivity index (χ0v) is 29.6. The molecule has 0 saturated carbocycles. The summed E-state index contributed by atoms with van der Waals surface area (Å²) < 4.78 is 0. The molecule has 2 aliphatic rings. The smallest absolute Gasteiger partial charge is 0.0879 e. The van der Waals surface area contributed by atoms with Crippen LogP contribution in [0.25, 0.3) is 43.7 Å². The predicted octanol–water partition coefficient (Wildman–Crippen LogP) is 12.0. The number of benzene rings is 4. The molecule has 8 aromatic rings. The molecule has 10 rings (SSSR count). The molecule has 51 heavy (non-hydrogen) atoms. The second-order valence-electron chi connectivity index (χ2n) is 13.2. The molecule has 248 valence electrons. The Bertz CT molecular complexity index is 2330. The standard InChI is InChI=1S/C19H15N.C15H15N.C13H9NS/c1-19(18-12-6-7-13-20-18)16-10-4-2-8-14(16)15-9-3-5-11-17(15)19;1-2-6-13-11-14(9-8-12(13)5-1)15-7-3-4-10-16-15;1-2-5-11-10(4-1)7-8-14-13(11)12-6-3-9-15-12/h2-13H,1H3;3-4,7-11H,1-2,5-6H2;1-9H. The van der Waals surface area contributed by atoms with E-state index in [1.54, 1.807) is 11.3 Å². The van der Waals surface area contributed by atoms with Crippen LogP contribution in [0.2, 0.25) is 0 Å². The van der Waals surface area contributed by atoms with Crippen molar-refractivity contribution in [3.63, 3.8) is 0 Å². The highest BCUT2D eigenvalue weighted by Gasteiger charge is 2.41. The lowest BCUT2D eigenvalue weighted by molar-refractivity contribution is 0.684. The van der Waals surface area contributed by atoms with Crippen molar-refractivity contribution in [2.45, 2.75) is 38.0 Å². The molecule has 4 heterocycles. The molecule has 4 aromatic carbocycles. The number of aromatic nitrogens is 3. The Hall–Kier alpha value is -5.71. The van der Waals surface area contributed by atoms with Gasteiger partial charge in [-0.1, -0.05) is 103 Å². The summed E-state index contributed by atoms with van der Waals surface area (Å²) in [5, 5.41) is 4.55. The summed E-state index contributed by atoms with van der Waals surface area (Å²) in [6.45, 7) is 2.28. The molecule has 4 aromatic heterocycles. The van der Waals surface area contributed by atoms with Gasteiger partial charge in [0.15, 0.2) is 0 Å². The van der Waals surface area contributed by atoms with E-state index in [1.165, 1.54) is 80.3 Å². The first-order valence-electron chi connectivity index (χ1n) is 17.7. The highest BCUT2D eigenvalue weighted by atomic mass is 32.1. The SMILES string of the molecule is CC1(c2ccccn2)c2ccccc2-c2ccccc21.c1ccc(-c2ccc3c(c2)CCCC3)nc1.c1csc(-c2nccc3ccccc23)c1. The zero-order valence-electron chi connectivity index (χ0n) is 28.7. The van der Waals surface area contributed by atoms with E-state index in [0.717, 1.165) is 17.1 Å². The van der Waals surface area contributed by atoms with Gasteiger partial charge in [-0.05, 0) is 119 Å². The van der Waals surface area contributed by atoms with Gasteiger partial charge < -0.3 is 0 Å². The molecule has 0 unspecified atom stereocenters. The van der Waals surface area contributed by atoms with Crippen LogP contribution in [0.4, 0.5) is 0 Å². The Morgan fingerprint density at radius 2 is 1.24 bits per heavy atom. The molecule has 2 aliphatic carbocycles. The first-order valence-corrected chi connectivity index (χ1v) is 18.6. The van der Waals surface area contributed by atoms with Gasteiger partial charge in [0.2, 0.25) is 0 Å². The predicted molar refractivity (Wildman–Crippen MR) is 213 cm³/mol. The summed E-state index contributed by atoms with van der Waals surface area (Å²) in [5.74, 6) is 0. The fourth-order valence-electron chi connectivity index (χ4n) is 7.54. The molecule has 3 nitrogen and oxygen atoms in total. The fraction of sp³-hybridized carbons (Fsp3) is 0.128. The van der Waals surface area contributed by atoms with Gasteiger partial charge in [0, 0.05) is 29.5 Å². The van der Waals surface area contributed by atoms with Gasteiger partial charge in [-0.15, -0.1) is 11.3 Å². The van der Waals surface area contributed by atoms with Crippen molar-refractivity contribution in [3.05, 3.63) is 198 Å². The maximum atomic E-state index is 4.63. The van der Waals surface area contributed by atoms with Crippen LogP contribution in [0.5, 0.6) is 0 Å². The topological polar surface area (TPSA) is 38.7 Å². The summed E-state index contributed by atoms with van der Waals surface area (Å²) >= 11 is 1.73. The summed E-state index contributed by atoms with van der Waals surface area (Å²) in [6.07, 6.45) is 10.8. The summed E-state index contributed by atoms with van der Waals surface area (Å²) in [5.41, 5.74) is 12.8. The number of aryl methyl sites for hydroxylation is 2. The van der Waals surface area contributed by atoms with Gasteiger partial charge in [0.25, 0.3) is 0 Å². The Labute approximate surface area is 304 Å². The molecule has 0 atom stereocenters. The Morgan fingerprint density at radius 3 is 1.94 bits per heavy atom. The molecule has 0 fully saturated rings. The Kier molecular flexibility index (Phi) is 9.33. The van der Waals surface area contributed by atoms with Crippen molar-refractivity contribution in [1.82, 2.24) is 15.0 Å². The van der Waals surface area contributed by atoms with Crippen molar-refractivity contribution < 1.29 is 0 Å². The monoisotopic (exact) mass is 677 g/mol. The van der Waals surface area contributed by atoms with Crippen LogP contribution >= 0.6 is 11.3 Å². The molecular formula is C47H39N3S. The largest absolute Gasteiger partial charge is 0.260 e. The summed E-state index contributed by atoms with van der Waals surface area (Å²) in [4.78, 5) is 14.7. The first-order chi connectivity index (χ1) is 25.2. The van der Waals surface area contributed by atoms with Crippen LogP contribution < -0.4 is 0 Å². The van der Waals surface area contributed by atoms with Crippen molar-refractivity contribution >= 4 is 22.1 Å². The van der Waals surface area contributed by atoms with Gasteiger partial charge in [0.05, 0.1) is 27.4 Å². The lowest BCUT2D eigenvalue weighted by Gasteiger charge is -2.26. The van der Waals surface area contributed by atoms with Gasteiger partial charge in [-0.25, -0.2) is 0 Å². The number of rotatable bonds is 3. The average molecular weight is 678 g/mol. The molecule has 0 radical (unpaired) electrons. The van der Waals surface area contributed by atoms with Crippen molar-refractivity contribution in [1.29, 1.82) is 0 Å². The summed E-state index contributed by atoms with van der Waals surface area (Å²) in [7, 11) is 0. The molecular weight excluding hydrogens is 639 g/mol. The van der Waals surface area contributed by atoms with E-state index >= 15 is 0 Å². The van der Waals surface area contributed by atoms with Gasteiger partial charge in [-0.3, -0.25) is 15.0 Å². The molecule has 0 spiro atoms. The third-order valence-electron chi connectivity index (χ3n) is 10.1. The van der Waals surface area contributed by atoms with Crippen LogP contribution in [0.15, 0.2) is 170 Å². The zero-order chi connectivity index (χ0) is 34.5. The van der Waals surface area contributed by atoms with Gasteiger partial charge >= 0.3 is 0 Å². The number of hydrogen-bond donors (Lipinski definition) is 0. The lowest BCUT2D eigenvalue weighted by atomic mass is 9.77. The van der Waals surface area contributed by atoms with Gasteiger partial charge in [0.1, 0.15) is 0 Å². The van der Waals surface area contributed by atoms with E-state index in [1.807, 2.05) is 42.9 Å². The van der Waals surface area contributed by atoms with E-state index in [0.29, 0.717) is 0 Å². The lowest BCUT2D eigenvalue weighted by Crippen LogP contribution is -2.23. The number of pyridine rings is 3. The molecule has 0 saturated heterocycles. The minimum atomic E-state index is -0.158. The number of hydrogen-bond acceptors (Lipinski definition) is 4. The van der Waals surface area contributed by atoms with Crippen molar-refractivity contribution in [2.75, 3.05) is 0 Å². The molecule has 4 heteroatoms. The second-order valence-corrected chi connectivity index (χ2v) is 14.1. The van der Waals surface area contributed by atoms with E-state index in [4.69, 9.17) is 0 Å². The third-order valence-corrected chi connectivity index (χ3v) is 11.0. The van der Waals surface area contributed by atoms with E-state index in [9.17, 15) is 0 Å². The Morgan fingerprint density at radius 1 is 0.549 bits per heavy atom. The van der Waals surface area contributed by atoms with E-state index < -0.39 is 0 Å². The molecule has 0 amide bonds. The van der Waals surface area contributed by atoms with Crippen molar-refractivity contribution in [2.24, 2.45) is 0 Å². The minimum Gasteiger partial charge on any atom is -0.260 e. The minimum absolute atomic E-state index is 0.158. The summed E-state index contributed by atoms with van der Waals surface area (Å²) in [6, 6.07) is 50.9. The molecule has 0 bridgehead atoms. The number of fused-ring (bicyclic) bond motifs is 5. The number of nitrogens with zero attached hydrogens (tertiary/aromatic N) is 3. The van der Waals surface area contributed by atoms with Crippen LogP contribution in [0.1, 0.15) is 47.7 Å². The van der Waals surface area contributed by atoms with E-state index in [2.05, 4.69) is 149 Å². The maximum absolute atomic E-state index is 4.63. The highest BCUT2D eigenvalue weighted by Crippen LogP contribution is 2.51. The average Bonchev–Trinajstić information content (AvgIpc) is 3.85. The van der Waals surface area contributed by atoms with Crippen molar-refractivity contribution in [3.8, 4) is 33.0 Å². The van der Waals surface area contributed by atoms with Gasteiger partial charge in [-0.2, -0.15) is 0 Å². The molecule has 0 aliphatic heterocycles. The van der Waals surface area contributed by atoms with Crippen LogP contribution in [-0.2, 0) is 18.3 Å². The normalized spacial score (nSPS) is 13.4. The molecule has 0 N–H and O–H groups in total. The fourth-order valence-corrected chi connectivity index (χ4v) is 8.28. The highest BCUT2D eigenvalue weighted by molar-refractivity contribution is 7.13.